The molecule has 0 aromatic rings. The number of carbonyl (C=O) groups is 1. The van der Waals surface area contributed by atoms with Gasteiger partial charge in [-0.1, -0.05) is 0 Å². The lowest BCUT2D eigenvalue weighted by molar-refractivity contribution is -0.106. The van der Waals surface area contributed by atoms with Crippen LogP contribution in [0.25, 0.3) is 0 Å². The fourth-order valence-electron chi connectivity index (χ4n) is 0.205. The summed E-state index contributed by atoms with van der Waals surface area (Å²) in [7, 11) is 0. The zero-order valence-electron chi connectivity index (χ0n) is 6.36. The molecule has 0 aromatic heterocycles. The number of rotatable bonds is 3. The number of hydrogen-bond donors (Lipinski definition) is 1. The summed E-state index contributed by atoms with van der Waals surface area (Å²) < 4.78 is 4.69. The molecule has 0 aliphatic carbocycles. The van der Waals surface area contributed by atoms with Crippen molar-refractivity contribution in [2.75, 3.05) is 13.2 Å². The van der Waals surface area contributed by atoms with Crippen molar-refractivity contribution in [2.24, 2.45) is 10.7 Å². The summed E-state index contributed by atoms with van der Waals surface area (Å²) in [5.74, 6) is 0. The summed E-state index contributed by atoms with van der Waals surface area (Å²) in [6, 6.07) is 1.85. The third-order valence-electron chi connectivity index (χ3n) is 0.478. The minimum absolute atomic E-state index is 0.181. The maximum absolute atomic E-state index is 8.58. The second-order valence-corrected chi connectivity index (χ2v) is 1.20. The van der Waals surface area contributed by atoms with E-state index in [2.05, 4.69) is 10.7 Å². The molecule has 2 N–H and O–H groups in total. The Hall–Kier alpha value is -1.57. The Morgan fingerprint density at radius 2 is 2.36 bits per heavy atom. The van der Waals surface area contributed by atoms with Crippen LogP contribution in [0.2, 0.25) is 0 Å². The average molecular weight is 157 g/mol. The van der Waals surface area contributed by atoms with Crippen molar-refractivity contribution < 1.29 is 9.53 Å². The minimum atomic E-state index is 0.181. The molecule has 5 nitrogen and oxygen atoms in total. The van der Waals surface area contributed by atoms with Gasteiger partial charge in [-0.2, -0.15) is 5.26 Å². The molecular weight excluding hydrogens is 146 g/mol. The first-order chi connectivity index (χ1) is 5.33. The van der Waals surface area contributed by atoms with Gasteiger partial charge in [0.1, 0.15) is 6.54 Å². The molecule has 0 bridgehead atoms. The highest BCUT2D eigenvalue weighted by Gasteiger charge is 1.69. The summed E-state index contributed by atoms with van der Waals surface area (Å²) >= 11 is 0. The first kappa shape index (κ1) is 12.1. The molecule has 0 aliphatic heterocycles. The standard InChI is InChI=1S/C5H8N2O.CH3NO/c1-2-8-5-7-4-3-6;2-1-3/h5H,2,4H2,1H3;1H,(H2,2,3). The molecule has 0 unspecified atom stereocenters. The summed E-state index contributed by atoms with van der Waals surface area (Å²) in [6.07, 6.45) is 1.54. The molecule has 11 heavy (non-hydrogen) atoms. The Morgan fingerprint density at radius 3 is 2.73 bits per heavy atom. The van der Waals surface area contributed by atoms with Crippen molar-refractivity contribution in [1.29, 1.82) is 5.26 Å². The molecule has 0 spiro atoms. The van der Waals surface area contributed by atoms with Crippen LogP contribution >= 0.6 is 0 Å². The molecule has 0 saturated heterocycles. The van der Waals surface area contributed by atoms with Gasteiger partial charge in [-0.25, -0.2) is 4.99 Å². The minimum Gasteiger partial charge on any atom is -0.484 e. The van der Waals surface area contributed by atoms with Gasteiger partial charge in [-0.05, 0) is 6.92 Å². The number of nitrogens with two attached hydrogens (primary N) is 1. The summed E-state index contributed by atoms with van der Waals surface area (Å²) in [5, 5.41) is 7.95. The second kappa shape index (κ2) is 15.8. The van der Waals surface area contributed by atoms with E-state index in [1.54, 1.807) is 0 Å². The smallest absolute Gasteiger partial charge is 0.204 e. The third kappa shape index (κ3) is 29.6. The molecule has 0 fully saturated rings. The van der Waals surface area contributed by atoms with Crippen molar-refractivity contribution in [1.82, 2.24) is 0 Å². The van der Waals surface area contributed by atoms with Gasteiger partial charge in [-0.3, -0.25) is 4.79 Å². The number of hydrogen-bond acceptors (Lipinski definition) is 4. The monoisotopic (exact) mass is 157 g/mol. The molecule has 0 rings (SSSR count). The van der Waals surface area contributed by atoms with Crippen LogP contribution in [0.4, 0.5) is 0 Å². The number of nitrogens with zero attached hydrogens (tertiary/aromatic N) is 2. The topological polar surface area (TPSA) is 88.5 Å². The first-order valence-electron chi connectivity index (χ1n) is 2.95. The van der Waals surface area contributed by atoms with Crippen LogP contribution in [-0.2, 0) is 9.53 Å². The number of aliphatic imine (C=N–C) groups is 1. The number of ether oxygens (including phenoxy) is 1. The zero-order valence-corrected chi connectivity index (χ0v) is 6.36. The van der Waals surface area contributed by atoms with Crippen molar-refractivity contribution in [2.45, 2.75) is 6.92 Å². The maximum atomic E-state index is 8.58. The summed E-state index contributed by atoms with van der Waals surface area (Å²) in [6.45, 7) is 2.65. The molecule has 62 valence electrons. The number of nitriles is 1. The number of carbonyl (C=O) groups excluding carboxylic acids is 1. The Kier molecular flexibility index (Phi) is 17.4. The van der Waals surface area contributed by atoms with E-state index in [-0.39, 0.29) is 13.0 Å². The Balaban J connectivity index is 0. The van der Waals surface area contributed by atoms with E-state index in [1.165, 1.54) is 6.40 Å². The van der Waals surface area contributed by atoms with E-state index in [9.17, 15) is 0 Å². The van der Waals surface area contributed by atoms with Crippen LogP contribution < -0.4 is 5.73 Å². The van der Waals surface area contributed by atoms with Gasteiger partial charge in [0.2, 0.25) is 6.41 Å². The van der Waals surface area contributed by atoms with Crippen LogP contribution in [0.5, 0.6) is 0 Å². The molecule has 0 saturated carbocycles. The van der Waals surface area contributed by atoms with Gasteiger partial charge in [0.25, 0.3) is 0 Å². The zero-order chi connectivity index (χ0) is 8.95. The van der Waals surface area contributed by atoms with Crippen LogP contribution in [0.3, 0.4) is 0 Å². The lowest BCUT2D eigenvalue weighted by Crippen LogP contribution is -1.85. The Morgan fingerprint density at radius 1 is 1.82 bits per heavy atom. The fraction of sp³-hybridized carbons (Fsp3) is 0.500. The predicted molar refractivity (Wildman–Crippen MR) is 40.8 cm³/mol. The van der Waals surface area contributed by atoms with Gasteiger partial charge in [0.05, 0.1) is 12.7 Å². The SMILES string of the molecule is CCOC=NCC#N.NC=O. The molecule has 0 aliphatic rings. The molecule has 0 atom stereocenters. The lowest BCUT2D eigenvalue weighted by atomic mass is 10.8. The van der Waals surface area contributed by atoms with Crippen molar-refractivity contribution in [3.63, 3.8) is 0 Å². The number of primary amides is 1. The van der Waals surface area contributed by atoms with Gasteiger partial charge in [0, 0.05) is 0 Å². The van der Waals surface area contributed by atoms with E-state index in [0.29, 0.717) is 6.61 Å². The normalized spacial score (nSPS) is 7.64. The van der Waals surface area contributed by atoms with E-state index in [0.717, 1.165) is 0 Å². The van der Waals surface area contributed by atoms with E-state index >= 15 is 0 Å². The summed E-state index contributed by atoms with van der Waals surface area (Å²) in [4.78, 5) is 12.2. The summed E-state index contributed by atoms with van der Waals surface area (Å²) in [5.41, 5.74) is 4.17. The third-order valence-corrected chi connectivity index (χ3v) is 0.478. The van der Waals surface area contributed by atoms with Gasteiger partial charge < -0.3 is 10.5 Å². The molecule has 5 heteroatoms. The van der Waals surface area contributed by atoms with Crippen molar-refractivity contribution in [3.8, 4) is 6.07 Å². The maximum Gasteiger partial charge on any atom is 0.204 e. The lowest BCUT2D eigenvalue weighted by Gasteiger charge is -1.86. The van der Waals surface area contributed by atoms with E-state index in [4.69, 9.17) is 14.8 Å². The number of amides is 1. The fourth-order valence-corrected chi connectivity index (χ4v) is 0.205. The molecule has 0 aromatic carbocycles. The van der Waals surface area contributed by atoms with Gasteiger partial charge in [0.15, 0.2) is 6.40 Å². The quantitative estimate of drug-likeness (QED) is 0.263. The molecular formula is C6H11N3O2. The Bertz CT molecular complexity index is 139. The highest BCUT2D eigenvalue weighted by Crippen LogP contribution is 1.66. The van der Waals surface area contributed by atoms with Crippen LogP contribution in [0.1, 0.15) is 6.92 Å². The molecule has 0 radical (unpaired) electrons. The van der Waals surface area contributed by atoms with E-state index < -0.39 is 0 Å². The van der Waals surface area contributed by atoms with Crippen molar-refractivity contribution in [3.05, 3.63) is 0 Å². The predicted octanol–water partition coefficient (Wildman–Crippen LogP) is -0.324. The van der Waals surface area contributed by atoms with Crippen LogP contribution in [0.15, 0.2) is 4.99 Å². The highest BCUT2D eigenvalue weighted by atomic mass is 16.5. The van der Waals surface area contributed by atoms with Crippen LogP contribution in [0, 0.1) is 11.3 Å². The average Bonchev–Trinajstić information content (AvgIpc) is 2.00. The van der Waals surface area contributed by atoms with Crippen LogP contribution in [-0.4, -0.2) is 26.0 Å². The van der Waals surface area contributed by atoms with Gasteiger partial charge in [-0.15, -0.1) is 0 Å². The second-order valence-electron chi connectivity index (χ2n) is 1.20. The van der Waals surface area contributed by atoms with Crippen molar-refractivity contribution >= 4 is 12.8 Å². The largest absolute Gasteiger partial charge is 0.484 e. The Labute approximate surface area is 65.5 Å². The highest BCUT2D eigenvalue weighted by molar-refractivity contribution is 5.46. The molecule has 1 amide bonds. The van der Waals surface area contributed by atoms with Gasteiger partial charge >= 0.3 is 0 Å². The van der Waals surface area contributed by atoms with E-state index in [1.807, 2.05) is 13.0 Å². The molecule has 0 heterocycles. The first-order valence-corrected chi connectivity index (χ1v) is 2.95.